The summed E-state index contributed by atoms with van der Waals surface area (Å²) in [5, 5.41) is 0. The van der Waals surface area contributed by atoms with Crippen LogP contribution in [0.5, 0.6) is 5.88 Å². The van der Waals surface area contributed by atoms with Crippen molar-refractivity contribution < 1.29 is 13.5 Å². The van der Waals surface area contributed by atoms with E-state index in [0.29, 0.717) is 28.3 Å². The van der Waals surface area contributed by atoms with Crippen molar-refractivity contribution in [3.63, 3.8) is 0 Å². The van der Waals surface area contributed by atoms with Crippen molar-refractivity contribution in [2.24, 2.45) is 0 Å². The molecule has 5 nitrogen and oxygen atoms in total. The Bertz CT molecular complexity index is 873. The van der Waals surface area contributed by atoms with Crippen LogP contribution in [-0.2, 0) is 0 Å². The van der Waals surface area contributed by atoms with Gasteiger partial charge in [0.15, 0.2) is 11.6 Å². The third-order valence-corrected chi connectivity index (χ3v) is 3.75. The van der Waals surface area contributed by atoms with E-state index in [1.165, 1.54) is 19.5 Å². The lowest BCUT2D eigenvalue weighted by atomic mass is 10.3. The molecule has 0 saturated heterocycles. The Morgan fingerprint density at radius 1 is 1.23 bits per heavy atom. The van der Waals surface area contributed by atoms with Gasteiger partial charge < -0.3 is 9.30 Å². The third-order valence-electron chi connectivity index (χ3n) is 3.75. The van der Waals surface area contributed by atoms with Crippen molar-refractivity contribution in [1.82, 2.24) is 19.5 Å². The smallest absolute Gasteiger partial charge is 0.227 e. The molecule has 112 valence electrons. The highest BCUT2D eigenvalue weighted by molar-refractivity contribution is 5.82. The average Bonchev–Trinajstić information content (AvgIpc) is 3.30. The average molecular weight is 302 g/mol. The number of halogens is 2. The van der Waals surface area contributed by atoms with Gasteiger partial charge in [0, 0.05) is 24.4 Å². The molecule has 0 amide bonds. The first kappa shape index (κ1) is 13.1. The molecule has 1 saturated carbocycles. The fraction of sp³-hybridized carbons (Fsp3) is 0.267. The molecule has 7 heteroatoms. The second kappa shape index (κ2) is 4.72. The fourth-order valence-corrected chi connectivity index (χ4v) is 2.62. The molecule has 0 aliphatic heterocycles. The lowest BCUT2D eigenvalue weighted by Crippen LogP contribution is -2.01. The van der Waals surface area contributed by atoms with Crippen LogP contribution in [0.25, 0.3) is 22.4 Å². The van der Waals surface area contributed by atoms with Crippen LogP contribution in [-0.4, -0.2) is 26.6 Å². The summed E-state index contributed by atoms with van der Waals surface area (Å²) in [7, 11) is 1.51. The van der Waals surface area contributed by atoms with Crippen LogP contribution < -0.4 is 4.74 Å². The number of methoxy groups -OCH3 is 1. The zero-order chi connectivity index (χ0) is 15.3. The fourth-order valence-electron chi connectivity index (χ4n) is 2.62. The van der Waals surface area contributed by atoms with Crippen LogP contribution in [0.2, 0.25) is 0 Å². The molecule has 0 radical (unpaired) electrons. The van der Waals surface area contributed by atoms with Gasteiger partial charge in [0.2, 0.25) is 5.88 Å². The number of hydrogen-bond acceptors (Lipinski definition) is 4. The molecule has 0 bridgehead atoms. The SMILES string of the molecule is COc1ncncc1-c1nc2cc(F)c(F)cc2n1C1CC1. The first-order valence-corrected chi connectivity index (χ1v) is 6.90. The van der Waals surface area contributed by atoms with Crippen LogP contribution in [0.1, 0.15) is 18.9 Å². The lowest BCUT2D eigenvalue weighted by molar-refractivity contribution is 0.398. The predicted molar refractivity (Wildman–Crippen MR) is 75.5 cm³/mol. The number of aromatic nitrogens is 4. The minimum absolute atomic E-state index is 0.231. The van der Waals surface area contributed by atoms with Gasteiger partial charge in [0.1, 0.15) is 12.2 Å². The van der Waals surface area contributed by atoms with Crippen LogP contribution in [0.15, 0.2) is 24.7 Å². The zero-order valence-corrected chi connectivity index (χ0v) is 11.8. The van der Waals surface area contributed by atoms with Gasteiger partial charge in [0.05, 0.1) is 23.7 Å². The number of hydrogen-bond donors (Lipinski definition) is 0. The minimum atomic E-state index is -0.907. The monoisotopic (exact) mass is 302 g/mol. The van der Waals surface area contributed by atoms with E-state index >= 15 is 0 Å². The van der Waals surface area contributed by atoms with E-state index < -0.39 is 11.6 Å². The molecule has 3 aromatic rings. The highest BCUT2D eigenvalue weighted by Crippen LogP contribution is 2.42. The molecule has 4 rings (SSSR count). The van der Waals surface area contributed by atoms with Crippen molar-refractivity contribution in [3.05, 3.63) is 36.3 Å². The molecule has 0 atom stereocenters. The summed E-state index contributed by atoms with van der Waals surface area (Å²) in [5.41, 5.74) is 1.59. The van der Waals surface area contributed by atoms with E-state index in [4.69, 9.17) is 4.74 Å². The Hall–Kier alpha value is -2.57. The zero-order valence-electron chi connectivity index (χ0n) is 11.8. The Balaban J connectivity index is 2.03. The highest BCUT2D eigenvalue weighted by atomic mass is 19.2. The minimum Gasteiger partial charge on any atom is -0.480 e. The number of benzene rings is 1. The Kier molecular flexibility index (Phi) is 2.82. The van der Waals surface area contributed by atoms with E-state index in [-0.39, 0.29) is 6.04 Å². The molecular weight excluding hydrogens is 290 g/mol. The van der Waals surface area contributed by atoms with Gasteiger partial charge in [-0.15, -0.1) is 0 Å². The molecule has 0 N–H and O–H groups in total. The third kappa shape index (κ3) is 1.93. The first-order chi connectivity index (χ1) is 10.7. The molecule has 0 spiro atoms. The van der Waals surface area contributed by atoms with Crippen LogP contribution in [0.3, 0.4) is 0 Å². The van der Waals surface area contributed by atoms with Crippen molar-refractivity contribution in [2.75, 3.05) is 7.11 Å². The number of fused-ring (bicyclic) bond motifs is 1. The topological polar surface area (TPSA) is 52.8 Å². The molecule has 0 unspecified atom stereocenters. The van der Waals surface area contributed by atoms with Crippen LogP contribution in [0.4, 0.5) is 8.78 Å². The van der Waals surface area contributed by atoms with Gasteiger partial charge in [-0.3, -0.25) is 0 Å². The van der Waals surface area contributed by atoms with Crippen molar-refractivity contribution in [1.29, 1.82) is 0 Å². The maximum Gasteiger partial charge on any atom is 0.227 e. The van der Waals surface area contributed by atoms with Gasteiger partial charge in [-0.25, -0.2) is 23.7 Å². The van der Waals surface area contributed by atoms with Crippen LogP contribution in [0, 0.1) is 11.6 Å². The Labute approximate surface area is 124 Å². The summed E-state index contributed by atoms with van der Waals surface area (Å²) in [6.45, 7) is 0. The second-order valence-corrected chi connectivity index (χ2v) is 5.24. The van der Waals surface area contributed by atoms with Gasteiger partial charge >= 0.3 is 0 Å². The summed E-state index contributed by atoms with van der Waals surface area (Å²) in [5.74, 6) is -0.832. The second-order valence-electron chi connectivity index (χ2n) is 5.24. The normalized spacial score (nSPS) is 14.5. The van der Waals surface area contributed by atoms with Gasteiger partial charge in [0.25, 0.3) is 0 Å². The lowest BCUT2D eigenvalue weighted by Gasteiger charge is -2.09. The van der Waals surface area contributed by atoms with E-state index in [2.05, 4.69) is 15.0 Å². The molecular formula is C15H12F2N4O. The van der Waals surface area contributed by atoms with E-state index in [0.717, 1.165) is 18.9 Å². The Morgan fingerprint density at radius 3 is 2.73 bits per heavy atom. The van der Waals surface area contributed by atoms with Crippen molar-refractivity contribution in [2.45, 2.75) is 18.9 Å². The largest absolute Gasteiger partial charge is 0.480 e. The Morgan fingerprint density at radius 2 is 2.00 bits per heavy atom. The number of ether oxygens (including phenoxy) is 1. The number of imidazole rings is 1. The molecule has 2 heterocycles. The van der Waals surface area contributed by atoms with E-state index in [1.807, 2.05) is 4.57 Å². The molecule has 22 heavy (non-hydrogen) atoms. The summed E-state index contributed by atoms with van der Waals surface area (Å²) in [4.78, 5) is 12.5. The van der Waals surface area contributed by atoms with Crippen LogP contribution >= 0.6 is 0 Å². The van der Waals surface area contributed by atoms with E-state index in [9.17, 15) is 8.78 Å². The van der Waals surface area contributed by atoms with Gasteiger partial charge in [-0.2, -0.15) is 0 Å². The van der Waals surface area contributed by atoms with Crippen molar-refractivity contribution in [3.8, 4) is 17.3 Å². The highest BCUT2D eigenvalue weighted by Gasteiger charge is 2.30. The van der Waals surface area contributed by atoms with Gasteiger partial charge in [-0.1, -0.05) is 0 Å². The molecule has 1 aliphatic carbocycles. The number of rotatable bonds is 3. The molecule has 1 fully saturated rings. The predicted octanol–water partition coefficient (Wildman–Crippen LogP) is 3.12. The van der Waals surface area contributed by atoms with E-state index in [1.54, 1.807) is 6.20 Å². The first-order valence-electron chi connectivity index (χ1n) is 6.90. The maximum atomic E-state index is 13.6. The summed E-state index contributed by atoms with van der Waals surface area (Å²) in [6, 6.07) is 2.54. The van der Waals surface area contributed by atoms with Crippen molar-refractivity contribution >= 4 is 11.0 Å². The molecule has 1 aromatic carbocycles. The standard InChI is InChI=1S/C15H12F2N4O/c1-22-15-9(6-18-7-19-15)14-20-12-4-10(16)11(17)5-13(12)21(14)8-2-3-8/h4-8H,2-3H2,1H3. The number of nitrogens with zero attached hydrogens (tertiary/aromatic N) is 4. The molecule has 1 aliphatic rings. The maximum absolute atomic E-state index is 13.6. The summed E-state index contributed by atoms with van der Waals surface area (Å²) in [6.07, 6.45) is 4.94. The quantitative estimate of drug-likeness (QED) is 0.746. The summed E-state index contributed by atoms with van der Waals surface area (Å²) >= 11 is 0. The summed E-state index contributed by atoms with van der Waals surface area (Å²) < 4.78 is 34.2. The molecule has 2 aromatic heterocycles. The van der Waals surface area contributed by atoms with Gasteiger partial charge in [-0.05, 0) is 12.8 Å².